The molecule has 1 saturated carbocycles. The lowest BCUT2D eigenvalue weighted by Gasteiger charge is -2.23. The maximum absolute atomic E-state index is 12.2. The number of nitriles is 1. The van der Waals surface area contributed by atoms with Gasteiger partial charge in [-0.2, -0.15) is 5.26 Å². The van der Waals surface area contributed by atoms with Crippen LogP contribution in [0.1, 0.15) is 24.8 Å². The van der Waals surface area contributed by atoms with Crippen molar-refractivity contribution in [1.82, 2.24) is 4.98 Å². The van der Waals surface area contributed by atoms with E-state index in [1.54, 1.807) is 18.3 Å². The number of anilines is 1. The third kappa shape index (κ3) is 4.56. The van der Waals surface area contributed by atoms with Crippen LogP contribution in [0.2, 0.25) is 0 Å². The van der Waals surface area contributed by atoms with Gasteiger partial charge in [-0.15, -0.1) is 0 Å². The van der Waals surface area contributed by atoms with Crippen molar-refractivity contribution in [1.29, 1.82) is 5.26 Å². The van der Waals surface area contributed by atoms with E-state index in [0.717, 1.165) is 24.0 Å². The van der Waals surface area contributed by atoms with Crippen molar-refractivity contribution in [2.24, 2.45) is 11.8 Å². The molecule has 4 rings (SSSR count). The van der Waals surface area contributed by atoms with Gasteiger partial charge in [0.1, 0.15) is 23.7 Å². The van der Waals surface area contributed by atoms with Crippen LogP contribution in [0.25, 0.3) is 11.1 Å². The molecule has 1 amide bonds. The fourth-order valence-corrected chi connectivity index (χ4v) is 3.54. The normalized spacial score (nSPS) is 21.2. The number of aliphatic hydroxyl groups excluding tert-OH is 1. The first kappa shape index (κ1) is 19.4. The number of carbonyl (C=O) groups is 1. The van der Waals surface area contributed by atoms with E-state index < -0.39 is 0 Å². The van der Waals surface area contributed by atoms with Crippen molar-refractivity contribution >= 4 is 11.7 Å². The number of nitrogens with one attached hydrogen (secondary N) is 1. The molecule has 2 atom stereocenters. The van der Waals surface area contributed by atoms with E-state index >= 15 is 0 Å². The molecule has 0 radical (unpaired) electrons. The first-order chi connectivity index (χ1) is 14.2. The Morgan fingerprint density at radius 1 is 1.28 bits per heavy atom. The first-order valence-electron chi connectivity index (χ1n) is 9.84. The summed E-state index contributed by atoms with van der Waals surface area (Å²) in [6.45, 7) is 1.39. The predicted molar refractivity (Wildman–Crippen MR) is 106 cm³/mol. The van der Waals surface area contributed by atoms with Crippen molar-refractivity contribution in [3.05, 3.63) is 42.1 Å². The van der Waals surface area contributed by atoms with Gasteiger partial charge < -0.3 is 19.9 Å². The maximum Gasteiger partial charge on any atom is 0.229 e. The zero-order valence-corrected chi connectivity index (χ0v) is 16.0. The van der Waals surface area contributed by atoms with Gasteiger partial charge in [0.25, 0.3) is 0 Å². The highest BCUT2D eigenvalue weighted by Crippen LogP contribution is 2.38. The molecule has 7 nitrogen and oxygen atoms in total. The summed E-state index contributed by atoms with van der Waals surface area (Å²) in [7, 11) is 0. The zero-order chi connectivity index (χ0) is 20.2. The number of rotatable bonds is 6. The minimum absolute atomic E-state index is 0.0325. The molecule has 1 aliphatic heterocycles. The summed E-state index contributed by atoms with van der Waals surface area (Å²) in [6, 6.07) is 11.3. The van der Waals surface area contributed by atoms with Gasteiger partial charge >= 0.3 is 0 Å². The minimum Gasteiger partial charge on any atom is -0.489 e. The summed E-state index contributed by atoms with van der Waals surface area (Å²) < 4.78 is 11.4. The summed E-state index contributed by atoms with van der Waals surface area (Å²) >= 11 is 0. The Morgan fingerprint density at radius 2 is 2.07 bits per heavy atom. The van der Waals surface area contributed by atoms with Crippen molar-refractivity contribution < 1.29 is 19.4 Å². The molecule has 1 aromatic heterocycles. The number of carbonyl (C=O) groups excluding carboxylic acids is 1. The van der Waals surface area contributed by atoms with Crippen LogP contribution in [0.4, 0.5) is 5.82 Å². The van der Waals surface area contributed by atoms with Gasteiger partial charge in [0.15, 0.2) is 0 Å². The monoisotopic (exact) mass is 393 g/mol. The van der Waals surface area contributed by atoms with Crippen LogP contribution in [0.15, 0.2) is 36.5 Å². The number of hydrogen-bond donors (Lipinski definition) is 2. The lowest BCUT2D eigenvalue weighted by Crippen LogP contribution is -2.26. The number of aliphatic hydroxyl groups is 1. The molecule has 2 heterocycles. The lowest BCUT2D eigenvalue weighted by molar-refractivity contribution is -0.117. The quantitative estimate of drug-likeness (QED) is 0.782. The highest BCUT2D eigenvalue weighted by Gasteiger charge is 2.42. The smallest absolute Gasteiger partial charge is 0.229 e. The van der Waals surface area contributed by atoms with Gasteiger partial charge in [-0.25, -0.2) is 4.98 Å². The number of benzene rings is 1. The Morgan fingerprint density at radius 3 is 2.79 bits per heavy atom. The van der Waals surface area contributed by atoms with E-state index in [0.29, 0.717) is 36.8 Å². The van der Waals surface area contributed by atoms with Crippen molar-refractivity contribution in [3.63, 3.8) is 0 Å². The molecular weight excluding hydrogens is 370 g/mol. The molecule has 2 aliphatic rings. The van der Waals surface area contributed by atoms with E-state index in [9.17, 15) is 10.1 Å². The summed E-state index contributed by atoms with van der Waals surface area (Å²) in [5, 5.41) is 21.5. The maximum atomic E-state index is 12.2. The van der Waals surface area contributed by atoms with Crippen molar-refractivity contribution in [3.8, 4) is 22.9 Å². The van der Waals surface area contributed by atoms with Gasteiger partial charge in [-0.05, 0) is 47.7 Å². The minimum atomic E-state index is -0.141. The molecule has 1 aromatic carbocycles. The number of aromatic nitrogens is 1. The van der Waals surface area contributed by atoms with Gasteiger partial charge in [0.05, 0.1) is 18.8 Å². The van der Waals surface area contributed by atoms with E-state index in [2.05, 4.69) is 16.4 Å². The molecule has 7 heteroatoms. The molecule has 1 saturated heterocycles. The van der Waals surface area contributed by atoms with Crippen LogP contribution >= 0.6 is 0 Å². The number of nitrogens with zero attached hydrogens (tertiary/aromatic N) is 2. The molecule has 29 heavy (non-hydrogen) atoms. The number of amides is 1. The fourth-order valence-electron chi connectivity index (χ4n) is 3.54. The average Bonchev–Trinajstić information content (AvgIpc) is 3.55. The molecule has 1 aliphatic carbocycles. The standard InChI is InChI=1S/C22H23N3O4/c23-12-16-9-14(1-2-20(16)29-18-4-7-28-8-5-18)15-3-6-24-21(11-15)25-22(27)19-10-17(19)13-26/h1-3,6,9,11,17-19,26H,4-5,7-8,10,13H2,(H,24,25,27). The molecule has 150 valence electrons. The zero-order valence-electron chi connectivity index (χ0n) is 16.0. The Balaban J connectivity index is 1.49. The summed E-state index contributed by atoms with van der Waals surface area (Å²) in [4.78, 5) is 16.4. The average molecular weight is 393 g/mol. The Kier molecular flexibility index (Phi) is 5.74. The second kappa shape index (κ2) is 8.60. The molecule has 2 fully saturated rings. The molecular formula is C22H23N3O4. The van der Waals surface area contributed by atoms with Crippen molar-refractivity contribution in [2.45, 2.75) is 25.4 Å². The largest absolute Gasteiger partial charge is 0.489 e. The summed E-state index contributed by atoms with van der Waals surface area (Å²) in [5.74, 6) is 0.829. The van der Waals surface area contributed by atoms with E-state index in [1.807, 2.05) is 18.2 Å². The third-order valence-corrected chi connectivity index (χ3v) is 5.40. The van der Waals surface area contributed by atoms with Gasteiger partial charge in [0, 0.05) is 31.6 Å². The van der Waals surface area contributed by atoms with E-state index in [-0.39, 0.29) is 30.5 Å². The van der Waals surface area contributed by atoms with Crippen LogP contribution in [-0.2, 0) is 9.53 Å². The Labute approximate surface area is 169 Å². The van der Waals surface area contributed by atoms with Crippen LogP contribution in [0.3, 0.4) is 0 Å². The van der Waals surface area contributed by atoms with Gasteiger partial charge in [-0.1, -0.05) is 6.07 Å². The topological polar surface area (TPSA) is 104 Å². The highest BCUT2D eigenvalue weighted by atomic mass is 16.5. The van der Waals surface area contributed by atoms with Gasteiger partial charge in [-0.3, -0.25) is 4.79 Å². The lowest BCUT2D eigenvalue weighted by atomic mass is 10.0. The number of hydrogen-bond acceptors (Lipinski definition) is 6. The molecule has 0 bridgehead atoms. The van der Waals surface area contributed by atoms with E-state index in [4.69, 9.17) is 14.6 Å². The van der Waals surface area contributed by atoms with Crippen LogP contribution in [0, 0.1) is 23.2 Å². The van der Waals surface area contributed by atoms with Crippen molar-refractivity contribution in [2.75, 3.05) is 25.1 Å². The first-order valence-corrected chi connectivity index (χ1v) is 9.84. The third-order valence-electron chi connectivity index (χ3n) is 5.40. The summed E-state index contributed by atoms with van der Waals surface area (Å²) in [5.41, 5.74) is 2.16. The van der Waals surface area contributed by atoms with Crippen LogP contribution < -0.4 is 10.1 Å². The van der Waals surface area contributed by atoms with Crippen LogP contribution in [0.5, 0.6) is 5.75 Å². The van der Waals surface area contributed by atoms with Gasteiger partial charge in [0.2, 0.25) is 5.91 Å². The Hall–Kier alpha value is -2.95. The second-order valence-corrected chi connectivity index (χ2v) is 7.46. The molecule has 2 N–H and O–H groups in total. The molecule has 0 spiro atoms. The number of pyridine rings is 1. The predicted octanol–water partition coefficient (Wildman–Crippen LogP) is 2.74. The fraction of sp³-hybridized carbons (Fsp3) is 0.409. The molecule has 2 aromatic rings. The molecule has 2 unspecified atom stereocenters. The Bertz CT molecular complexity index is 934. The van der Waals surface area contributed by atoms with E-state index in [1.165, 1.54) is 0 Å². The SMILES string of the molecule is N#Cc1cc(-c2ccnc(NC(=O)C3CC3CO)c2)ccc1OC1CCOCC1. The second-order valence-electron chi connectivity index (χ2n) is 7.46. The van der Waals surface area contributed by atoms with Crippen LogP contribution in [-0.4, -0.2) is 41.9 Å². The highest BCUT2D eigenvalue weighted by molar-refractivity contribution is 5.94. The summed E-state index contributed by atoms with van der Waals surface area (Å²) in [6.07, 6.45) is 4.04. The number of ether oxygens (including phenoxy) is 2.